The van der Waals surface area contributed by atoms with Crippen molar-refractivity contribution < 1.29 is 4.74 Å². The minimum Gasteiger partial charge on any atom is -0.488 e. The molecule has 2 unspecified atom stereocenters. The second kappa shape index (κ2) is 5.93. The van der Waals surface area contributed by atoms with Gasteiger partial charge in [0.25, 0.3) is 0 Å². The first-order valence-electron chi connectivity index (χ1n) is 7.55. The number of hydrogen-bond acceptors (Lipinski definition) is 3. The lowest BCUT2D eigenvalue weighted by molar-refractivity contribution is 0.148. The van der Waals surface area contributed by atoms with Crippen molar-refractivity contribution in [3.05, 3.63) is 29.8 Å². The molecule has 0 spiro atoms. The molecular weight excluding hydrogens is 236 g/mol. The zero-order chi connectivity index (χ0) is 13.1. The summed E-state index contributed by atoms with van der Waals surface area (Å²) in [6, 6.07) is 9.09. The largest absolute Gasteiger partial charge is 0.488 e. The monoisotopic (exact) mass is 260 g/mol. The predicted octanol–water partition coefficient (Wildman–Crippen LogP) is 2.06. The number of benzene rings is 1. The highest BCUT2D eigenvalue weighted by molar-refractivity contribution is 5.37. The van der Waals surface area contributed by atoms with Crippen molar-refractivity contribution in [3.8, 4) is 5.75 Å². The zero-order valence-electron chi connectivity index (χ0n) is 11.8. The van der Waals surface area contributed by atoms with Crippen molar-refractivity contribution >= 4 is 0 Å². The second-order valence-electron chi connectivity index (χ2n) is 5.72. The molecule has 104 valence electrons. The van der Waals surface area contributed by atoms with E-state index in [1.807, 2.05) is 0 Å². The third-order valence-corrected chi connectivity index (χ3v) is 4.23. The number of fused-ring (bicyclic) bond motifs is 1. The molecule has 3 nitrogen and oxygen atoms in total. The van der Waals surface area contributed by atoms with E-state index in [0.29, 0.717) is 12.1 Å². The molecule has 0 radical (unpaired) electrons. The SMILES string of the molecule is CCC1CN(CC2Cc3ccccc3O2)CCCN1. The summed E-state index contributed by atoms with van der Waals surface area (Å²) >= 11 is 0. The average molecular weight is 260 g/mol. The zero-order valence-corrected chi connectivity index (χ0v) is 11.8. The Kier molecular flexibility index (Phi) is 4.04. The first kappa shape index (κ1) is 12.9. The number of hydrogen-bond donors (Lipinski definition) is 1. The molecule has 1 aromatic carbocycles. The van der Waals surface area contributed by atoms with Gasteiger partial charge >= 0.3 is 0 Å². The highest BCUT2D eigenvalue weighted by atomic mass is 16.5. The fraction of sp³-hybridized carbons (Fsp3) is 0.625. The summed E-state index contributed by atoms with van der Waals surface area (Å²) in [5.41, 5.74) is 1.37. The Labute approximate surface area is 115 Å². The minimum atomic E-state index is 0.341. The van der Waals surface area contributed by atoms with E-state index >= 15 is 0 Å². The summed E-state index contributed by atoms with van der Waals surface area (Å²) in [5, 5.41) is 3.62. The fourth-order valence-electron chi connectivity index (χ4n) is 3.16. The van der Waals surface area contributed by atoms with Crippen LogP contribution in [-0.2, 0) is 6.42 Å². The van der Waals surface area contributed by atoms with Crippen molar-refractivity contribution in [2.75, 3.05) is 26.2 Å². The van der Waals surface area contributed by atoms with Gasteiger partial charge in [-0.3, -0.25) is 4.90 Å². The van der Waals surface area contributed by atoms with Gasteiger partial charge in [0, 0.05) is 25.6 Å². The van der Waals surface area contributed by atoms with Crippen LogP contribution in [0.25, 0.3) is 0 Å². The Morgan fingerprint density at radius 3 is 3.11 bits per heavy atom. The molecule has 3 heteroatoms. The van der Waals surface area contributed by atoms with Gasteiger partial charge in [-0.1, -0.05) is 25.1 Å². The molecule has 2 heterocycles. The van der Waals surface area contributed by atoms with Crippen LogP contribution in [-0.4, -0.2) is 43.2 Å². The molecule has 0 amide bonds. The molecule has 1 fully saturated rings. The smallest absolute Gasteiger partial charge is 0.123 e. The topological polar surface area (TPSA) is 24.5 Å². The van der Waals surface area contributed by atoms with Crippen molar-refractivity contribution in [2.24, 2.45) is 0 Å². The van der Waals surface area contributed by atoms with Crippen LogP contribution in [0, 0.1) is 0 Å². The standard InChI is InChI=1S/C16H24N2O/c1-2-14-11-18(9-5-8-17-14)12-15-10-13-6-3-4-7-16(13)19-15/h3-4,6-7,14-15,17H,2,5,8-12H2,1H3. The summed E-state index contributed by atoms with van der Waals surface area (Å²) in [6.07, 6.45) is 3.86. The van der Waals surface area contributed by atoms with E-state index in [-0.39, 0.29) is 0 Å². The van der Waals surface area contributed by atoms with Gasteiger partial charge in [-0.15, -0.1) is 0 Å². The summed E-state index contributed by atoms with van der Waals surface area (Å²) < 4.78 is 6.06. The van der Waals surface area contributed by atoms with Crippen LogP contribution in [0.1, 0.15) is 25.3 Å². The highest BCUT2D eigenvalue weighted by Gasteiger charge is 2.26. The Morgan fingerprint density at radius 1 is 1.37 bits per heavy atom. The number of para-hydroxylation sites is 1. The van der Waals surface area contributed by atoms with Gasteiger partial charge < -0.3 is 10.1 Å². The van der Waals surface area contributed by atoms with Gasteiger partial charge in [0.1, 0.15) is 11.9 Å². The Bertz CT molecular complexity index is 396. The second-order valence-corrected chi connectivity index (χ2v) is 5.72. The van der Waals surface area contributed by atoms with Crippen LogP contribution >= 0.6 is 0 Å². The summed E-state index contributed by atoms with van der Waals surface area (Å²) in [7, 11) is 0. The van der Waals surface area contributed by atoms with Crippen LogP contribution in [0.2, 0.25) is 0 Å². The van der Waals surface area contributed by atoms with Gasteiger partial charge in [-0.25, -0.2) is 0 Å². The molecule has 0 saturated carbocycles. The number of rotatable bonds is 3. The predicted molar refractivity (Wildman–Crippen MR) is 77.7 cm³/mol. The van der Waals surface area contributed by atoms with Crippen LogP contribution in [0.5, 0.6) is 5.75 Å². The molecule has 1 aromatic rings. The molecule has 19 heavy (non-hydrogen) atoms. The van der Waals surface area contributed by atoms with Crippen molar-refractivity contribution in [3.63, 3.8) is 0 Å². The van der Waals surface area contributed by atoms with Crippen LogP contribution in [0.3, 0.4) is 0 Å². The fourth-order valence-corrected chi connectivity index (χ4v) is 3.16. The van der Waals surface area contributed by atoms with Crippen LogP contribution < -0.4 is 10.1 Å². The molecule has 2 aliphatic heterocycles. The Morgan fingerprint density at radius 2 is 2.26 bits per heavy atom. The van der Waals surface area contributed by atoms with Crippen molar-refractivity contribution in [1.29, 1.82) is 0 Å². The van der Waals surface area contributed by atoms with E-state index in [4.69, 9.17) is 4.74 Å². The third kappa shape index (κ3) is 3.10. The first-order chi connectivity index (χ1) is 9.35. The molecule has 3 rings (SSSR count). The summed E-state index contributed by atoms with van der Waals surface area (Å²) in [4.78, 5) is 2.57. The van der Waals surface area contributed by atoms with Gasteiger partial charge in [-0.2, -0.15) is 0 Å². The van der Waals surface area contributed by atoms with Gasteiger partial charge in [0.05, 0.1) is 0 Å². The minimum absolute atomic E-state index is 0.341. The van der Waals surface area contributed by atoms with Crippen LogP contribution in [0.15, 0.2) is 24.3 Å². The van der Waals surface area contributed by atoms with E-state index in [1.165, 1.54) is 24.9 Å². The molecule has 0 aromatic heterocycles. The molecule has 1 saturated heterocycles. The van der Waals surface area contributed by atoms with E-state index < -0.39 is 0 Å². The lowest BCUT2D eigenvalue weighted by atomic mass is 10.1. The van der Waals surface area contributed by atoms with Crippen molar-refractivity contribution in [2.45, 2.75) is 38.3 Å². The van der Waals surface area contributed by atoms with Crippen LogP contribution in [0.4, 0.5) is 0 Å². The maximum atomic E-state index is 6.06. The molecule has 2 aliphatic rings. The maximum absolute atomic E-state index is 6.06. The molecule has 0 bridgehead atoms. The van der Waals surface area contributed by atoms with E-state index in [1.54, 1.807) is 0 Å². The number of nitrogens with zero attached hydrogens (tertiary/aromatic N) is 1. The average Bonchev–Trinajstić information content (AvgIpc) is 2.69. The third-order valence-electron chi connectivity index (χ3n) is 4.23. The Hall–Kier alpha value is -1.06. The maximum Gasteiger partial charge on any atom is 0.123 e. The van der Waals surface area contributed by atoms with Crippen molar-refractivity contribution in [1.82, 2.24) is 10.2 Å². The van der Waals surface area contributed by atoms with E-state index in [9.17, 15) is 0 Å². The molecular formula is C16H24N2O. The van der Waals surface area contributed by atoms with E-state index in [0.717, 1.165) is 31.8 Å². The molecule has 1 N–H and O–H groups in total. The molecule has 0 aliphatic carbocycles. The quantitative estimate of drug-likeness (QED) is 0.900. The van der Waals surface area contributed by atoms with Gasteiger partial charge in [0.2, 0.25) is 0 Å². The van der Waals surface area contributed by atoms with Gasteiger partial charge in [0.15, 0.2) is 0 Å². The first-order valence-corrected chi connectivity index (χ1v) is 7.55. The van der Waals surface area contributed by atoms with Gasteiger partial charge in [-0.05, 0) is 37.6 Å². The highest BCUT2D eigenvalue weighted by Crippen LogP contribution is 2.28. The summed E-state index contributed by atoms with van der Waals surface area (Å²) in [6.45, 7) is 6.84. The summed E-state index contributed by atoms with van der Waals surface area (Å²) in [5.74, 6) is 1.09. The lowest BCUT2D eigenvalue weighted by Crippen LogP contribution is -2.41. The van der Waals surface area contributed by atoms with E-state index in [2.05, 4.69) is 41.4 Å². The number of nitrogens with one attached hydrogen (secondary N) is 1. The Balaban J connectivity index is 1.57. The number of ether oxygens (including phenoxy) is 1. The lowest BCUT2D eigenvalue weighted by Gasteiger charge is -2.26. The normalized spacial score (nSPS) is 27.6. The molecule has 2 atom stereocenters.